The molecule has 3 rings (SSSR count). The molecule has 5 heteroatoms. The van der Waals surface area contributed by atoms with Crippen LogP contribution < -0.4 is 9.47 Å². The number of benzene rings is 2. The van der Waals surface area contributed by atoms with Gasteiger partial charge in [0.15, 0.2) is 0 Å². The highest BCUT2D eigenvalue weighted by atomic mass is 16.5. The molecule has 0 saturated carbocycles. The van der Waals surface area contributed by atoms with E-state index in [1.165, 1.54) is 0 Å². The van der Waals surface area contributed by atoms with Gasteiger partial charge in [-0.15, -0.1) is 0 Å². The largest absolute Gasteiger partial charge is 0.494 e. The van der Waals surface area contributed by atoms with Crippen molar-refractivity contribution in [1.29, 1.82) is 0 Å². The number of hydrogen-bond acceptors (Lipinski definition) is 4. The highest BCUT2D eigenvalue weighted by Gasteiger charge is 2.17. The van der Waals surface area contributed by atoms with Crippen molar-refractivity contribution in [2.75, 3.05) is 13.2 Å². The molecular formula is C23H29N3O2. The number of hydrogen-bond donors (Lipinski definition) is 0. The first kappa shape index (κ1) is 19.9. The zero-order valence-corrected chi connectivity index (χ0v) is 16.8. The predicted molar refractivity (Wildman–Crippen MR) is 111 cm³/mol. The Bertz CT molecular complexity index is 745. The summed E-state index contributed by atoms with van der Waals surface area (Å²) in [5.41, 5.74) is 2.26. The molecule has 5 nitrogen and oxygen atoms in total. The number of unbranched alkanes of at least 4 members (excludes halogenated alkanes) is 2. The fourth-order valence-electron chi connectivity index (χ4n) is 3.01. The van der Waals surface area contributed by atoms with Crippen LogP contribution in [0.25, 0.3) is 0 Å². The van der Waals surface area contributed by atoms with E-state index in [-0.39, 0.29) is 6.04 Å². The lowest BCUT2D eigenvalue weighted by Crippen LogP contribution is -2.13. The summed E-state index contributed by atoms with van der Waals surface area (Å²) < 4.78 is 13.5. The summed E-state index contributed by atoms with van der Waals surface area (Å²) in [6, 6.07) is 16.4. The highest BCUT2D eigenvalue weighted by molar-refractivity contribution is 5.38. The van der Waals surface area contributed by atoms with Crippen LogP contribution in [0.2, 0.25) is 0 Å². The molecule has 0 aliphatic carbocycles. The van der Waals surface area contributed by atoms with E-state index >= 15 is 0 Å². The molecular weight excluding hydrogens is 350 g/mol. The Morgan fingerprint density at radius 2 is 1.29 bits per heavy atom. The van der Waals surface area contributed by atoms with Crippen molar-refractivity contribution < 1.29 is 9.47 Å². The molecule has 2 aromatic carbocycles. The molecule has 0 unspecified atom stereocenters. The van der Waals surface area contributed by atoms with Crippen molar-refractivity contribution in [2.24, 2.45) is 0 Å². The fourth-order valence-corrected chi connectivity index (χ4v) is 3.01. The molecule has 3 aromatic rings. The van der Waals surface area contributed by atoms with Gasteiger partial charge in [0.2, 0.25) is 0 Å². The minimum atomic E-state index is -0.0446. The monoisotopic (exact) mass is 379 g/mol. The lowest BCUT2D eigenvalue weighted by atomic mass is 9.98. The molecule has 0 aliphatic rings. The summed E-state index contributed by atoms with van der Waals surface area (Å²) >= 11 is 0. The topological polar surface area (TPSA) is 49.2 Å². The van der Waals surface area contributed by atoms with Gasteiger partial charge in [0.05, 0.1) is 13.2 Å². The Kier molecular flexibility index (Phi) is 7.47. The molecule has 28 heavy (non-hydrogen) atoms. The van der Waals surface area contributed by atoms with Gasteiger partial charge in [-0.3, -0.25) is 0 Å². The molecule has 0 fully saturated rings. The number of nitrogens with zero attached hydrogens (tertiary/aromatic N) is 3. The minimum absolute atomic E-state index is 0.0446. The van der Waals surface area contributed by atoms with Gasteiger partial charge in [-0.1, -0.05) is 51.0 Å². The summed E-state index contributed by atoms with van der Waals surface area (Å²) in [6.45, 7) is 5.83. The Balaban J connectivity index is 1.78. The molecule has 0 spiro atoms. The summed E-state index contributed by atoms with van der Waals surface area (Å²) in [6.07, 6.45) is 7.71. The third-order valence-corrected chi connectivity index (χ3v) is 4.63. The second-order valence-corrected chi connectivity index (χ2v) is 6.82. The van der Waals surface area contributed by atoms with Gasteiger partial charge in [-0.25, -0.2) is 9.67 Å². The van der Waals surface area contributed by atoms with E-state index in [9.17, 15) is 0 Å². The maximum atomic E-state index is 5.79. The molecule has 1 aromatic heterocycles. The van der Waals surface area contributed by atoms with E-state index < -0.39 is 0 Å². The SMILES string of the molecule is CCCCOc1ccc(C(c2ccc(OCCCC)cc2)n2cncn2)cc1. The lowest BCUT2D eigenvalue weighted by Gasteiger charge is -2.19. The molecule has 0 amide bonds. The zero-order chi connectivity index (χ0) is 19.6. The molecule has 0 N–H and O–H groups in total. The molecule has 148 valence electrons. The quantitative estimate of drug-likeness (QED) is 0.426. The zero-order valence-electron chi connectivity index (χ0n) is 16.8. The minimum Gasteiger partial charge on any atom is -0.494 e. The van der Waals surface area contributed by atoms with E-state index in [1.54, 1.807) is 12.7 Å². The van der Waals surface area contributed by atoms with Crippen molar-refractivity contribution in [3.63, 3.8) is 0 Å². The Labute approximate surface area is 167 Å². The van der Waals surface area contributed by atoms with Gasteiger partial charge in [0.1, 0.15) is 30.2 Å². The molecule has 0 bridgehead atoms. The summed E-state index contributed by atoms with van der Waals surface area (Å²) in [4.78, 5) is 4.13. The van der Waals surface area contributed by atoms with Crippen LogP contribution in [0.5, 0.6) is 11.5 Å². The molecule has 0 atom stereocenters. The molecule has 0 saturated heterocycles. The van der Waals surface area contributed by atoms with E-state index in [4.69, 9.17) is 9.47 Å². The standard InChI is InChI=1S/C23H29N3O2/c1-3-5-15-27-21-11-7-19(8-12-21)23(26-18-24-17-25-26)20-9-13-22(14-10-20)28-16-6-4-2/h7-14,17-18,23H,3-6,15-16H2,1-2H3. The summed E-state index contributed by atoms with van der Waals surface area (Å²) in [7, 11) is 0. The Hall–Kier alpha value is -2.82. The van der Waals surface area contributed by atoms with E-state index in [1.807, 2.05) is 28.9 Å². The van der Waals surface area contributed by atoms with Crippen LogP contribution in [0.15, 0.2) is 61.2 Å². The van der Waals surface area contributed by atoms with Crippen LogP contribution >= 0.6 is 0 Å². The van der Waals surface area contributed by atoms with Crippen molar-refractivity contribution >= 4 is 0 Å². The van der Waals surface area contributed by atoms with Crippen molar-refractivity contribution in [3.8, 4) is 11.5 Å². The first-order chi connectivity index (χ1) is 13.8. The predicted octanol–water partition coefficient (Wildman–Crippen LogP) is 5.27. The van der Waals surface area contributed by atoms with Gasteiger partial charge >= 0.3 is 0 Å². The highest BCUT2D eigenvalue weighted by Crippen LogP contribution is 2.28. The average Bonchev–Trinajstić information content (AvgIpc) is 3.25. The van der Waals surface area contributed by atoms with Crippen LogP contribution in [0.1, 0.15) is 56.7 Å². The molecule has 0 aliphatic heterocycles. The second kappa shape index (κ2) is 10.5. The number of rotatable bonds is 11. The maximum Gasteiger partial charge on any atom is 0.137 e. The maximum absolute atomic E-state index is 5.79. The smallest absolute Gasteiger partial charge is 0.137 e. The number of aromatic nitrogens is 3. The summed E-state index contributed by atoms with van der Waals surface area (Å²) in [5, 5.41) is 4.38. The van der Waals surface area contributed by atoms with E-state index in [0.29, 0.717) is 0 Å². The number of ether oxygens (including phenoxy) is 2. The van der Waals surface area contributed by atoms with Crippen LogP contribution in [-0.2, 0) is 0 Å². The van der Waals surface area contributed by atoms with Crippen LogP contribution in [0.4, 0.5) is 0 Å². The van der Waals surface area contributed by atoms with Crippen LogP contribution in [0, 0.1) is 0 Å². The van der Waals surface area contributed by atoms with Gasteiger partial charge in [-0.2, -0.15) is 5.10 Å². The van der Waals surface area contributed by atoms with Crippen LogP contribution in [-0.4, -0.2) is 28.0 Å². The Morgan fingerprint density at radius 3 is 1.68 bits per heavy atom. The third-order valence-electron chi connectivity index (χ3n) is 4.63. The van der Waals surface area contributed by atoms with Crippen LogP contribution in [0.3, 0.4) is 0 Å². The van der Waals surface area contributed by atoms with Crippen molar-refractivity contribution in [2.45, 2.75) is 45.6 Å². The Morgan fingerprint density at radius 1 is 0.786 bits per heavy atom. The lowest BCUT2D eigenvalue weighted by molar-refractivity contribution is 0.309. The van der Waals surface area contributed by atoms with Gasteiger partial charge in [0, 0.05) is 0 Å². The van der Waals surface area contributed by atoms with Crippen molar-refractivity contribution in [3.05, 3.63) is 72.3 Å². The summed E-state index contributed by atoms with van der Waals surface area (Å²) in [5.74, 6) is 1.79. The van der Waals surface area contributed by atoms with Gasteiger partial charge in [-0.05, 0) is 48.2 Å². The normalized spacial score (nSPS) is 11.0. The fraction of sp³-hybridized carbons (Fsp3) is 0.391. The van der Waals surface area contributed by atoms with E-state index in [2.05, 4.69) is 48.2 Å². The van der Waals surface area contributed by atoms with Crippen molar-refractivity contribution in [1.82, 2.24) is 14.8 Å². The second-order valence-electron chi connectivity index (χ2n) is 6.82. The first-order valence-electron chi connectivity index (χ1n) is 10.1. The van der Waals surface area contributed by atoms with Gasteiger partial charge in [0.25, 0.3) is 0 Å². The first-order valence-corrected chi connectivity index (χ1v) is 10.1. The molecule has 1 heterocycles. The third kappa shape index (κ3) is 5.35. The van der Waals surface area contributed by atoms with E-state index in [0.717, 1.165) is 61.5 Å². The molecule has 0 radical (unpaired) electrons. The average molecular weight is 380 g/mol. The van der Waals surface area contributed by atoms with Gasteiger partial charge < -0.3 is 9.47 Å².